The Labute approximate surface area is 202 Å². The van der Waals surface area contributed by atoms with Crippen LogP contribution in [0.25, 0.3) is 0 Å². The summed E-state index contributed by atoms with van der Waals surface area (Å²) in [6.07, 6.45) is 5.33. The molecule has 0 heterocycles. The van der Waals surface area contributed by atoms with E-state index < -0.39 is 10.0 Å². The number of carbonyl (C=O) groups excluding carboxylic acids is 1. The smallest absolute Gasteiger partial charge is 0.264 e. The number of anilines is 1. The summed E-state index contributed by atoms with van der Waals surface area (Å²) in [4.78, 5) is 13.3. The first kappa shape index (κ1) is 24.0. The molecule has 34 heavy (non-hydrogen) atoms. The topological polar surface area (TPSA) is 66.5 Å². The summed E-state index contributed by atoms with van der Waals surface area (Å²) in [7, 11) is -3.91. The van der Waals surface area contributed by atoms with E-state index in [1.165, 1.54) is 28.3 Å². The second-order valence-corrected chi connectivity index (χ2v) is 10.8. The summed E-state index contributed by atoms with van der Waals surface area (Å²) >= 11 is 0. The standard InChI is InChI=1S/C28H32N2O3S/c1-3-27(24-16-15-22-9-7-8-10-23(22)19-24)29-28(31)20-30(25-11-5-4-6-12-25)34(32,33)26-17-13-21(2)14-18-26/h4-6,11-19,27H,3,7-10,20H2,1-2H3,(H,29,31)/t27-/m1/s1. The molecule has 1 N–H and O–H groups in total. The van der Waals surface area contributed by atoms with Gasteiger partial charge in [0.25, 0.3) is 10.0 Å². The highest BCUT2D eigenvalue weighted by molar-refractivity contribution is 7.92. The minimum atomic E-state index is -3.91. The zero-order chi connectivity index (χ0) is 24.1. The quantitative estimate of drug-likeness (QED) is 0.477. The molecule has 178 valence electrons. The predicted octanol–water partition coefficient (Wildman–Crippen LogP) is 5.34. The molecule has 0 aliphatic heterocycles. The van der Waals surface area contributed by atoms with E-state index in [1.807, 2.05) is 19.9 Å². The van der Waals surface area contributed by atoms with Crippen LogP contribution in [0.3, 0.4) is 0 Å². The molecule has 0 bridgehead atoms. The summed E-state index contributed by atoms with van der Waals surface area (Å²) in [5.41, 5.74) is 5.27. The first-order valence-electron chi connectivity index (χ1n) is 11.9. The molecule has 1 amide bonds. The number of benzene rings is 3. The summed E-state index contributed by atoms with van der Waals surface area (Å²) in [5, 5.41) is 3.08. The predicted molar refractivity (Wildman–Crippen MR) is 136 cm³/mol. The minimum Gasteiger partial charge on any atom is -0.348 e. The van der Waals surface area contributed by atoms with Gasteiger partial charge in [-0.3, -0.25) is 9.10 Å². The number of para-hydroxylation sites is 1. The van der Waals surface area contributed by atoms with Gasteiger partial charge in [0.05, 0.1) is 16.6 Å². The summed E-state index contributed by atoms with van der Waals surface area (Å²) in [5.74, 6) is -0.330. The zero-order valence-corrected chi connectivity index (χ0v) is 20.6. The van der Waals surface area contributed by atoms with Crippen molar-refractivity contribution in [2.75, 3.05) is 10.8 Å². The van der Waals surface area contributed by atoms with E-state index in [9.17, 15) is 13.2 Å². The first-order chi connectivity index (χ1) is 16.4. The van der Waals surface area contributed by atoms with Crippen molar-refractivity contribution in [3.05, 3.63) is 95.1 Å². The Hall–Kier alpha value is -3.12. The molecule has 1 atom stereocenters. The minimum absolute atomic E-state index is 0.163. The van der Waals surface area contributed by atoms with Crippen LogP contribution in [0.1, 0.15) is 54.5 Å². The molecule has 3 aromatic rings. The van der Waals surface area contributed by atoms with Gasteiger partial charge >= 0.3 is 0 Å². The number of nitrogens with one attached hydrogen (secondary N) is 1. The van der Waals surface area contributed by atoms with Crippen LogP contribution in [-0.4, -0.2) is 20.9 Å². The van der Waals surface area contributed by atoms with Crippen molar-refractivity contribution in [3.8, 4) is 0 Å². The van der Waals surface area contributed by atoms with E-state index in [0.29, 0.717) is 5.69 Å². The van der Waals surface area contributed by atoms with Crippen LogP contribution < -0.4 is 9.62 Å². The van der Waals surface area contributed by atoms with Crippen LogP contribution in [0.5, 0.6) is 0 Å². The van der Waals surface area contributed by atoms with Gasteiger partial charge in [0.15, 0.2) is 0 Å². The van der Waals surface area contributed by atoms with Gasteiger partial charge in [-0.2, -0.15) is 0 Å². The molecular weight excluding hydrogens is 444 g/mol. The highest BCUT2D eigenvalue weighted by Crippen LogP contribution is 2.27. The van der Waals surface area contributed by atoms with Crippen molar-refractivity contribution < 1.29 is 13.2 Å². The number of amides is 1. The molecule has 1 aliphatic carbocycles. The summed E-state index contributed by atoms with van der Waals surface area (Å²) in [6, 6.07) is 21.8. The number of sulfonamides is 1. The molecule has 0 saturated carbocycles. The molecule has 0 fully saturated rings. The van der Waals surface area contributed by atoms with Gasteiger partial charge in [0.2, 0.25) is 5.91 Å². The lowest BCUT2D eigenvalue weighted by atomic mass is 9.89. The van der Waals surface area contributed by atoms with Crippen LogP contribution in [0.2, 0.25) is 0 Å². The van der Waals surface area contributed by atoms with Gasteiger partial charge in [-0.15, -0.1) is 0 Å². The number of nitrogens with zero attached hydrogens (tertiary/aromatic N) is 1. The molecular formula is C28H32N2O3S. The third-order valence-electron chi connectivity index (χ3n) is 6.46. The van der Waals surface area contributed by atoms with Gasteiger partial charge in [-0.05, 0) is 80.0 Å². The Morgan fingerprint density at radius 3 is 2.29 bits per heavy atom. The van der Waals surface area contributed by atoms with E-state index in [0.717, 1.165) is 30.4 Å². The normalized spacial score (nSPS) is 14.2. The Balaban J connectivity index is 1.57. The molecule has 0 saturated heterocycles. The molecule has 0 radical (unpaired) electrons. The maximum atomic E-state index is 13.5. The van der Waals surface area contributed by atoms with Gasteiger partial charge in [0, 0.05) is 0 Å². The monoisotopic (exact) mass is 476 g/mol. The second-order valence-electron chi connectivity index (χ2n) is 8.92. The van der Waals surface area contributed by atoms with Crippen LogP contribution in [-0.2, 0) is 27.7 Å². The molecule has 0 unspecified atom stereocenters. The van der Waals surface area contributed by atoms with E-state index in [2.05, 4.69) is 23.5 Å². The number of fused-ring (bicyclic) bond motifs is 1. The SMILES string of the molecule is CC[C@@H](NC(=O)CN(c1ccccc1)S(=O)(=O)c1ccc(C)cc1)c1ccc2c(c1)CCCC2. The maximum absolute atomic E-state index is 13.5. The van der Waals surface area contributed by atoms with Crippen molar-refractivity contribution in [2.24, 2.45) is 0 Å². The van der Waals surface area contributed by atoms with Gasteiger partial charge < -0.3 is 5.32 Å². The number of rotatable bonds is 8. The fourth-order valence-corrected chi connectivity index (χ4v) is 5.93. The highest BCUT2D eigenvalue weighted by Gasteiger charge is 2.28. The Morgan fingerprint density at radius 1 is 0.941 bits per heavy atom. The third kappa shape index (κ3) is 5.33. The maximum Gasteiger partial charge on any atom is 0.264 e. The van der Waals surface area contributed by atoms with E-state index in [-0.39, 0.29) is 23.4 Å². The molecule has 6 heteroatoms. The first-order valence-corrected chi connectivity index (χ1v) is 13.4. The fraction of sp³-hybridized carbons (Fsp3) is 0.321. The van der Waals surface area contributed by atoms with Crippen molar-refractivity contribution in [3.63, 3.8) is 0 Å². The van der Waals surface area contributed by atoms with Gasteiger partial charge in [-0.25, -0.2) is 8.42 Å². The van der Waals surface area contributed by atoms with Crippen LogP contribution in [0.15, 0.2) is 77.7 Å². The van der Waals surface area contributed by atoms with E-state index in [1.54, 1.807) is 48.5 Å². The highest BCUT2D eigenvalue weighted by atomic mass is 32.2. The van der Waals surface area contributed by atoms with E-state index in [4.69, 9.17) is 0 Å². The molecule has 0 spiro atoms. The lowest BCUT2D eigenvalue weighted by molar-refractivity contribution is -0.120. The number of hydrogen-bond acceptors (Lipinski definition) is 3. The van der Waals surface area contributed by atoms with Crippen LogP contribution in [0, 0.1) is 6.92 Å². The van der Waals surface area contributed by atoms with Crippen molar-refractivity contribution in [1.29, 1.82) is 0 Å². The lowest BCUT2D eigenvalue weighted by Crippen LogP contribution is -2.42. The van der Waals surface area contributed by atoms with Crippen molar-refractivity contribution in [1.82, 2.24) is 5.32 Å². The molecule has 4 rings (SSSR count). The molecule has 1 aliphatic rings. The van der Waals surface area contributed by atoms with Gasteiger partial charge in [-0.1, -0.05) is 61.0 Å². The Bertz CT molecular complexity index is 1240. The number of aryl methyl sites for hydroxylation is 3. The largest absolute Gasteiger partial charge is 0.348 e. The fourth-order valence-electron chi connectivity index (χ4n) is 4.51. The summed E-state index contributed by atoms with van der Waals surface area (Å²) in [6.45, 7) is 3.65. The van der Waals surface area contributed by atoms with Gasteiger partial charge in [0.1, 0.15) is 6.54 Å². The van der Waals surface area contributed by atoms with Crippen molar-refractivity contribution >= 4 is 21.6 Å². The number of hydrogen-bond donors (Lipinski definition) is 1. The summed E-state index contributed by atoms with van der Waals surface area (Å²) < 4.78 is 28.2. The average molecular weight is 477 g/mol. The molecule has 0 aromatic heterocycles. The lowest BCUT2D eigenvalue weighted by Gasteiger charge is -2.26. The Kier molecular flexibility index (Phi) is 7.37. The molecule has 5 nitrogen and oxygen atoms in total. The van der Waals surface area contributed by atoms with E-state index >= 15 is 0 Å². The average Bonchev–Trinajstić information content (AvgIpc) is 2.86. The number of carbonyl (C=O) groups is 1. The Morgan fingerprint density at radius 2 is 1.62 bits per heavy atom. The third-order valence-corrected chi connectivity index (χ3v) is 8.25. The van der Waals surface area contributed by atoms with Crippen LogP contribution in [0.4, 0.5) is 5.69 Å². The molecule has 3 aromatic carbocycles. The van der Waals surface area contributed by atoms with Crippen LogP contribution >= 0.6 is 0 Å². The van der Waals surface area contributed by atoms with Crippen molar-refractivity contribution in [2.45, 2.75) is 56.9 Å². The second kappa shape index (κ2) is 10.4. The zero-order valence-electron chi connectivity index (χ0n) is 19.8.